The summed E-state index contributed by atoms with van der Waals surface area (Å²) in [6.45, 7) is 6.79. The molecular formula is C14H23N5OS. The van der Waals surface area contributed by atoms with Crippen molar-refractivity contribution in [2.75, 3.05) is 5.75 Å². The van der Waals surface area contributed by atoms with E-state index in [9.17, 15) is 10.1 Å². The average molecular weight is 309 g/mol. The highest BCUT2D eigenvalue weighted by Crippen LogP contribution is 2.42. The Bertz CT molecular complexity index is 569. The lowest BCUT2D eigenvalue weighted by Gasteiger charge is -2.29. The second kappa shape index (κ2) is 6.67. The van der Waals surface area contributed by atoms with Crippen LogP contribution in [-0.4, -0.2) is 32.1 Å². The molecular weight excluding hydrogens is 286 g/mol. The van der Waals surface area contributed by atoms with Crippen LogP contribution in [0.1, 0.15) is 40.0 Å². The molecule has 0 spiro atoms. The van der Waals surface area contributed by atoms with Crippen LogP contribution >= 0.6 is 11.8 Å². The molecule has 0 bridgehead atoms. The van der Waals surface area contributed by atoms with Crippen molar-refractivity contribution in [3.63, 3.8) is 0 Å². The normalized spacial score (nSPS) is 17.7. The van der Waals surface area contributed by atoms with Gasteiger partial charge in [-0.2, -0.15) is 5.26 Å². The lowest BCUT2D eigenvalue weighted by molar-refractivity contribution is 0.370. The SMILES string of the molecule is CCCn1c(SCC(C#N)(NC(C)C)C2CC2)n[nH]c1=O. The number of nitrogens with one attached hydrogen (secondary N) is 2. The molecule has 1 unspecified atom stereocenters. The lowest BCUT2D eigenvalue weighted by Crippen LogP contribution is -2.51. The van der Waals surface area contributed by atoms with Crippen molar-refractivity contribution < 1.29 is 0 Å². The number of nitrogens with zero attached hydrogens (tertiary/aromatic N) is 3. The van der Waals surface area contributed by atoms with Gasteiger partial charge in [-0.05, 0) is 39.0 Å². The monoisotopic (exact) mass is 309 g/mol. The fourth-order valence-corrected chi connectivity index (χ4v) is 3.72. The van der Waals surface area contributed by atoms with Crippen molar-refractivity contribution in [3.8, 4) is 6.07 Å². The first kappa shape index (κ1) is 16.1. The van der Waals surface area contributed by atoms with Crippen molar-refractivity contribution in [1.29, 1.82) is 5.26 Å². The highest BCUT2D eigenvalue weighted by atomic mass is 32.2. The van der Waals surface area contributed by atoms with E-state index >= 15 is 0 Å². The minimum absolute atomic E-state index is 0.176. The maximum absolute atomic E-state index is 11.7. The van der Waals surface area contributed by atoms with Crippen LogP contribution in [0.15, 0.2) is 9.95 Å². The Morgan fingerprint density at radius 2 is 2.33 bits per heavy atom. The predicted octanol–water partition coefficient (Wildman–Crippen LogP) is 1.74. The molecule has 0 saturated heterocycles. The van der Waals surface area contributed by atoms with E-state index in [1.807, 2.05) is 6.92 Å². The van der Waals surface area contributed by atoms with E-state index in [-0.39, 0.29) is 11.7 Å². The molecule has 1 aliphatic rings. The maximum Gasteiger partial charge on any atom is 0.343 e. The first-order valence-electron chi connectivity index (χ1n) is 7.49. The lowest BCUT2D eigenvalue weighted by atomic mass is 9.96. The topological polar surface area (TPSA) is 86.5 Å². The number of nitriles is 1. The van der Waals surface area contributed by atoms with E-state index in [4.69, 9.17) is 0 Å². The number of H-pyrrole nitrogens is 1. The van der Waals surface area contributed by atoms with Crippen LogP contribution in [0.25, 0.3) is 0 Å². The number of rotatable bonds is 8. The van der Waals surface area contributed by atoms with Crippen LogP contribution in [0.4, 0.5) is 0 Å². The zero-order chi connectivity index (χ0) is 15.5. The number of hydrogen-bond acceptors (Lipinski definition) is 5. The van der Waals surface area contributed by atoms with Gasteiger partial charge in [0, 0.05) is 18.3 Å². The fraction of sp³-hybridized carbons (Fsp3) is 0.786. The van der Waals surface area contributed by atoms with Crippen LogP contribution in [0.2, 0.25) is 0 Å². The Labute approximate surface area is 129 Å². The molecule has 116 valence electrons. The largest absolute Gasteiger partial charge is 0.343 e. The average Bonchev–Trinajstić information content (AvgIpc) is 3.23. The summed E-state index contributed by atoms with van der Waals surface area (Å²) in [6.07, 6.45) is 3.07. The molecule has 2 rings (SSSR count). The number of aromatic amines is 1. The summed E-state index contributed by atoms with van der Waals surface area (Å²) in [6, 6.07) is 2.73. The van der Waals surface area contributed by atoms with Gasteiger partial charge < -0.3 is 0 Å². The first-order chi connectivity index (χ1) is 10.0. The molecule has 6 nitrogen and oxygen atoms in total. The van der Waals surface area contributed by atoms with Crippen LogP contribution in [-0.2, 0) is 6.54 Å². The Morgan fingerprint density at radius 3 is 2.86 bits per heavy atom. The van der Waals surface area contributed by atoms with Gasteiger partial charge in [-0.15, -0.1) is 5.10 Å². The van der Waals surface area contributed by atoms with Gasteiger partial charge in [0.25, 0.3) is 0 Å². The van der Waals surface area contributed by atoms with Gasteiger partial charge in [0.2, 0.25) is 0 Å². The van der Waals surface area contributed by atoms with E-state index < -0.39 is 5.54 Å². The number of thioether (sulfide) groups is 1. The van der Waals surface area contributed by atoms with E-state index in [2.05, 4.69) is 35.4 Å². The predicted molar refractivity (Wildman–Crippen MR) is 83.2 cm³/mol. The molecule has 1 aromatic heterocycles. The van der Waals surface area contributed by atoms with Crippen LogP contribution in [0, 0.1) is 17.2 Å². The second-order valence-corrected chi connectivity index (χ2v) is 6.85. The van der Waals surface area contributed by atoms with Gasteiger partial charge >= 0.3 is 5.69 Å². The quantitative estimate of drug-likeness (QED) is 0.714. The summed E-state index contributed by atoms with van der Waals surface area (Å²) in [5.41, 5.74) is -0.699. The van der Waals surface area contributed by atoms with Crippen LogP contribution in [0.3, 0.4) is 0 Å². The van der Waals surface area contributed by atoms with Gasteiger partial charge in [0.1, 0.15) is 5.54 Å². The molecule has 1 heterocycles. The van der Waals surface area contributed by atoms with Crippen LogP contribution in [0.5, 0.6) is 0 Å². The Hall–Kier alpha value is -1.26. The van der Waals surface area contributed by atoms with Gasteiger partial charge in [0.15, 0.2) is 5.16 Å². The van der Waals surface area contributed by atoms with Crippen LogP contribution < -0.4 is 11.0 Å². The highest BCUT2D eigenvalue weighted by Gasteiger charge is 2.46. The first-order valence-corrected chi connectivity index (χ1v) is 8.48. The van der Waals surface area contributed by atoms with Crippen molar-refractivity contribution in [1.82, 2.24) is 20.1 Å². The maximum atomic E-state index is 11.7. The summed E-state index contributed by atoms with van der Waals surface area (Å²) in [5.74, 6) is 1.02. The molecule has 1 atom stereocenters. The van der Waals surface area contributed by atoms with Gasteiger partial charge in [-0.3, -0.25) is 9.88 Å². The third-order valence-electron chi connectivity index (χ3n) is 3.62. The van der Waals surface area contributed by atoms with E-state index in [0.717, 1.165) is 19.3 Å². The zero-order valence-corrected chi connectivity index (χ0v) is 13.7. The summed E-state index contributed by atoms with van der Waals surface area (Å²) in [5, 5.41) is 20.3. The highest BCUT2D eigenvalue weighted by molar-refractivity contribution is 7.99. The van der Waals surface area contributed by atoms with Gasteiger partial charge in [0.05, 0.1) is 6.07 Å². The Kier molecular flexibility index (Phi) is 5.12. The summed E-state index contributed by atoms with van der Waals surface area (Å²) in [4.78, 5) is 11.7. The molecule has 0 amide bonds. The van der Waals surface area contributed by atoms with Crippen molar-refractivity contribution in [2.45, 2.75) is 63.3 Å². The summed E-state index contributed by atoms with van der Waals surface area (Å²) < 4.78 is 1.65. The second-order valence-electron chi connectivity index (χ2n) is 5.91. The molecule has 2 N–H and O–H groups in total. The zero-order valence-electron chi connectivity index (χ0n) is 12.8. The van der Waals surface area contributed by atoms with Gasteiger partial charge in [-0.25, -0.2) is 9.89 Å². The third-order valence-corrected chi connectivity index (χ3v) is 4.79. The van der Waals surface area contributed by atoms with Crippen molar-refractivity contribution in [3.05, 3.63) is 10.5 Å². The van der Waals surface area contributed by atoms with Crippen molar-refractivity contribution in [2.24, 2.45) is 5.92 Å². The molecule has 21 heavy (non-hydrogen) atoms. The summed E-state index contributed by atoms with van der Waals surface area (Å²) in [7, 11) is 0. The molecule has 1 aliphatic carbocycles. The Morgan fingerprint density at radius 1 is 1.62 bits per heavy atom. The molecule has 1 aromatic rings. The van der Waals surface area contributed by atoms with E-state index in [0.29, 0.717) is 23.4 Å². The minimum Gasteiger partial charge on any atom is -0.296 e. The molecule has 1 fully saturated rings. The van der Waals surface area contributed by atoms with Gasteiger partial charge in [-0.1, -0.05) is 18.7 Å². The standard InChI is InChI=1S/C14H23N5OS/c1-4-7-19-12(20)17-18-13(19)21-9-14(8-15,11-5-6-11)16-10(2)3/h10-11,16H,4-7,9H2,1-3H3,(H,17,20). The molecule has 0 aromatic carbocycles. The summed E-state index contributed by atoms with van der Waals surface area (Å²) >= 11 is 1.49. The van der Waals surface area contributed by atoms with E-state index in [1.54, 1.807) is 4.57 Å². The smallest absolute Gasteiger partial charge is 0.296 e. The number of hydrogen-bond donors (Lipinski definition) is 2. The molecule has 7 heteroatoms. The van der Waals surface area contributed by atoms with Crippen molar-refractivity contribution >= 4 is 11.8 Å². The molecule has 0 aliphatic heterocycles. The third kappa shape index (κ3) is 3.69. The van der Waals surface area contributed by atoms with E-state index in [1.165, 1.54) is 11.8 Å². The molecule has 0 radical (unpaired) electrons. The molecule has 1 saturated carbocycles. The fourth-order valence-electron chi connectivity index (χ4n) is 2.54. The Balaban J connectivity index is 2.12. The number of aromatic nitrogens is 3. The minimum atomic E-state index is -0.523.